The average molecular weight is 418 g/mol. The SMILES string of the molecule is CC.CC1[CH-]CC(CO)OC1.[No]. The predicted molar refractivity (Wildman–Crippen MR) is 46.3 cm³/mol. The van der Waals surface area contributed by atoms with Crippen LogP contribution in [-0.2, 0) is 4.74 Å². The first-order chi connectivity index (χ1) is 5.33. The van der Waals surface area contributed by atoms with Crippen molar-refractivity contribution in [2.75, 3.05) is 13.2 Å². The van der Waals surface area contributed by atoms with E-state index in [1.807, 2.05) is 13.8 Å². The fraction of sp³-hybridized carbons (Fsp3) is 0.889. The van der Waals surface area contributed by atoms with E-state index in [0.29, 0.717) is 5.92 Å². The number of hydrogen-bond acceptors (Lipinski definition) is 2. The minimum absolute atomic E-state index is 0. The number of hydrogen-bond donors (Lipinski definition) is 1. The van der Waals surface area contributed by atoms with Crippen LogP contribution in [0.15, 0.2) is 0 Å². The van der Waals surface area contributed by atoms with Gasteiger partial charge in [0.2, 0.25) is 0 Å². The molecule has 0 aromatic heterocycles. The van der Waals surface area contributed by atoms with Crippen LogP contribution >= 0.6 is 0 Å². The van der Waals surface area contributed by atoms with Crippen LogP contribution in [0.5, 0.6) is 0 Å². The Morgan fingerprint density at radius 2 is 2.08 bits per heavy atom. The van der Waals surface area contributed by atoms with Crippen LogP contribution in [-0.4, -0.2) is 24.4 Å². The van der Waals surface area contributed by atoms with Crippen LogP contribution in [0.25, 0.3) is 0 Å². The number of aliphatic hydroxyl groups excluding tert-OH is 1. The molecule has 1 heterocycles. The van der Waals surface area contributed by atoms with Gasteiger partial charge in [-0.25, -0.2) is 0 Å². The molecule has 1 rings (SSSR count). The Morgan fingerprint density at radius 3 is 2.42 bits per heavy atom. The zero-order chi connectivity index (χ0) is 8.69. The van der Waals surface area contributed by atoms with E-state index in [0.717, 1.165) is 13.0 Å². The van der Waals surface area contributed by atoms with Gasteiger partial charge >= 0.3 is 0 Å². The fourth-order valence-electron chi connectivity index (χ4n) is 0.935. The molecule has 3 heteroatoms. The molecule has 0 radical (unpaired) electrons. The van der Waals surface area contributed by atoms with Crippen molar-refractivity contribution in [2.24, 2.45) is 5.92 Å². The van der Waals surface area contributed by atoms with Gasteiger partial charge in [-0.05, 0) is 0 Å². The Morgan fingerprint density at radius 1 is 1.50 bits per heavy atom. The third-order valence-electron chi connectivity index (χ3n) is 1.60. The van der Waals surface area contributed by atoms with Gasteiger partial charge in [0, 0.05) is 6.61 Å². The molecule has 1 aliphatic heterocycles. The molecule has 0 aromatic carbocycles. The second-order valence-corrected chi connectivity index (χ2v) is 2.59. The summed E-state index contributed by atoms with van der Waals surface area (Å²) >= 11 is 0. The van der Waals surface area contributed by atoms with E-state index < -0.39 is 0 Å². The first kappa shape index (κ1) is 13.5. The molecule has 0 saturated carbocycles. The van der Waals surface area contributed by atoms with E-state index in [1.54, 1.807) is 0 Å². The molecule has 2 nitrogen and oxygen atoms in total. The van der Waals surface area contributed by atoms with Crippen molar-refractivity contribution < 1.29 is 9.84 Å². The van der Waals surface area contributed by atoms with Crippen molar-refractivity contribution in [3.8, 4) is 0 Å². The standard InChI is InChI=1S/C7H13O2.C2H6.No/c1-6-2-3-7(4-8)9-5-6;1-2;/h2,6-8H,3-5H2,1H3;1-2H3;/q-1;;. The van der Waals surface area contributed by atoms with Crippen molar-refractivity contribution in [3.63, 3.8) is 0 Å². The van der Waals surface area contributed by atoms with Crippen LogP contribution in [0.4, 0.5) is 0 Å². The van der Waals surface area contributed by atoms with Crippen LogP contribution < -0.4 is 0 Å². The van der Waals surface area contributed by atoms with Gasteiger partial charge in [0.1, 0.15) is 0 Å². The molecule has 0 aromatic rings. The summed E-state index contributed by atoms with van der Waals surface area (Å²) in [6.07, 6.45) is 3.17. The van der Waals surface area contributed by atoms with Gasteiger partial charge in [0.25, 0.3) is 0 Å². The van der Waals surface area contributed by atoms with Crippen molar-refractivity contribution in [1.82, 2.24) is 0 Å². The third-order valence-corrected chi connectivity index (χ3v) is 1.60. The summed E-state index contributed by atoms with van der Waals surface area (Å²) in [4.78, 5) is 0. The van der Waals surface area contributed by atoms with Crippen molar-refractivity contribution in [2.45, 2.75) is 33.3 Å². The van der Waals surface area contributed by atoms with E-state index in [1.165, 1.54) is 0 Å². The monoisotopic (exact) mass is 418 g/mol. The predicted octanol–water partition coefficient (Wildman–Crippen LogP) is 1.63. The Hall–Kier alpha value is -1.08. The maximum absolute atomic E-state index is 8.63. The summed E-state index contributed by atoms with van der Waals surface area (Å²) in [5.41, 5.74) is 0. The summed E-state index contributed by atoms with van der Waals surface area (Å²) < 4.78 is 5.26. The van der Waals surface area contributed by atoms with Gasteiger partial charge in [-0.3, -0.25) is 0 Å². The Bertz CT molecular complexity index is 80.6. The van der Waals surface area contributed by atoms with Crippen LogP contribution in [0.3, 0.4) is 0 Å². The normalized spacial score (nSPS) is 28.0. The molecule has 1 aliphatic rings. The molecule has 1 N–H and O–H groups in total. The molecule has 0 amide bonds. The molecule has 2 atom stereocenters. The Balaban J connectivity index is 0. The molecule has 2 unspecified atom stereocenters. The van der Waals surface area contributed by atoms with Gasteiger partial charge in [-0.1, -0.05) is 20.8 Å². The molecule has 0 spiro atoms. The fourth-order valence-corrected chi connectivity index (χ4v) is 0.935. The van der Waals surface area contributed by atoms with E-state index in [4.69, 9.17) is 9.84 Å². The second kappa shape index (κ2) is 8.02. The Labute approximate surface area is 69.6 Å². The molecule has 82 valence electrons. The van der Waals surface area contributed by atoms with Gasteiger partial charge in [-0.2, -0.15) is 0 Å². The van der Waals surface area contributed by atoms with Crippen molar-refractivity contribution >= 4 is 0 Å². The molecule has 0 aliphatic carbocycles. The van der Waals surface area contributed by atoms with Crippen LogP contribution in [0.2, 0.25) is 0 Å². The van der Waals surface area contributed by atoms with E-state index in [-0.39, 0.29) is 12.7 Å². The largest absolute Gasteiger partial charge is 0.394 e. The third kappa shape index (κ3) is 4.69. The quantitative estimate of drug-likeness (QED) is 0.657. The zero-order valence-electron chi connectivity index (χ0n) is 7.98. The minimum atomic E-state index is 0. The van der Waals surface area contributed by atoms with Gasteiger partial charge in [-0.15, -0.1) is 12.3 Å². The van der Waals surface area contributed by atoms with Gasteiger partial charge < -0.3 is 16.3 Å². The zero-order valence-corrected chi connectivity index (χ0v) is 10.2. The van der Waals surface area contributed by atoms with Crippen molar-refractivity contribution in [1.29, 1.82) is 0 Å². The average Bonchev–Trinajstić information content (AvgIpc) is 2.10. The van der Waals surface area contributed by atoms with Crippen LogP contribution in [0.1, 0.15) is 27.2 Å². The summed E-state index contributed by atoms with van der Waals surface area (Å²) in [7, 11) is 0. The van der Waals surface area contributed by atoms with E-state index in [2.05, 4.69) is 13.3 Å². The minimum Gasteiger partial charge on any atom is -0.394 e. The van der Waals surface area contributed by atoms with Crippen molar-refractivity contribution in [3.05, 3.63) is 6.42 Å². The summed E-state index contributed by atoms with van der Waals surface area (Å²) in [5.74, 6) is 0.563. The molecule has 1 saturated heterocycles. The van der Waals surface area contributed by atoms with Gasteiger partial charge in [0.15, 0.2) is 0 Å². The smallest absolute Gasteiger partial charge is 0.0668 e. The first-order valence-corrected chi connectivity index (χ1v) is 4.38. The van der Waals surface area contributed by atoms with E-state index in [9.17, 15) is 0 Å². The molecule has 1 fully saturated rings. The summed E-state index contributed by atoms with van der Waals surface area (Å²) in [5, 5.41) is 8.63. The number of aliphatic hydroxyl groups is 1. The number of ether oxygens (including phenoxy) is 1. The second-order valence-electron chi connectivity index (χ2n) is 2.59. The Kier molecular flexibility index (Phi) is 9.03. The maximum Gasteiger partial charge on any atom is 0.0668 e. The first-order valence-electron chi connectivity index (χ1n) is 4.38. The number of rotatable bonds is 1. The summed E-state index contributed by atoms with van der Waals surface area (Å²) in [6.45, 7) is 7.04. The van der Waals surface area contributed by atoms with E-state index >= 15 is 0 Å². The topological polar surface area (TPSA) is 29.5 Å². The summed E-state index contributed by atoms with van der Waals surface area (Å²) in [6, 6.07) is 0. The molecule has 12 heavy (non-hydrogen) atoms. The molecular formula is C9H19NoO2-. The van der Waals surface area contributed by atoms with Crippen LogP contribution in [0, 0.1) is 12.3 Å². The van der Waals surface area contributed by atoms with Gasteiger partial charge in [0.05, 0.1) is 12.7 Å². The molecule has 0 bridgehead atoms. The maximum atomic E-state index is 8.63. The molecular weight excluding hydrogens is 399 g/mol.